The number of carbonyl (C=O) groups excluding carboxylic acids is 2. The lowest BCUT2D eigenvalue weighted by molar-refractivity contribution is 0.0278. The van der Waals surface area contributed by atoms with E-state index < -0.39 is 0 Å². The van der Waals surface area contributed by atoms with E-state index in [4.69, 9.17) is 0 Å². The van der Waals surface area contributed by atoms with Gasteiger partial charge >= 0.3 is 0 Å². The van der Waals surface area contributed by atoms with Crippen molar-refractivity contribution in [3.8, 4) is 0 Å². The number of carbonyl (C=O) groups is 2. The van der Waals surface area contributed by atoms with Crippen molar-refractivity contribution >= 4 is 11.8 Å². The second kappa shape index (κ2) is 7.42. The van der Waals surface area contributed by atoms with E-state index in [0.717, 1.165) is 51.9 Å². The maximum absolute atomic E-state index is 12.6. The maximum Gasteiger partial charge on any atom is 0.274 e. The zero-order valence-electron chi connectivity index (χ0n) is 15.3. The minimum atomic E-state index is -0.0397. The lowest BCUT2D eigenvalue weighted by atomic mass is 9.71. The van der Waals surface area contributed by atoms with E-state index in [1.165, 1.54) is 6.20 Å². The quantitative estimate of drug-likeness (QED) is 0.814. The lowest BCUT2D eigenvalue weighted by Gasteiger charge is -2.46. The Hall–Kier alpha value is -2.83. The van der Waals surface area contributed by atoms with Crippen LogP contribution in [0.15, 0.2) is 43.1 Å². The Labute approximate surface area is 158 Å². The van der Waals surface area contributed by atoms with Crippen molar-refractivity contribution in [3.05, 3.63) is 54.4 Å². The van der Waals surface area contributed by atoms with Crippen molar-refractivity contribution in [2.75, 3.05) is 26.2 Å². The predicted octanol–water partition coefficient (Wildman–Crippen LogP) is 2.03. The Morgan fingerprint density at radius 2 is 1.44 bits per heavy atom. The van der Waals surface area contributed by atoms with Gasteiger partial charge in [0.1, 0.15) is 5.69 Å². The molecule has 1 spiro atoms. The fourth-order valence-electron chi connectivity index (χ4n) is 4.11. The molecule has 140 valence electrons. The van der Waals surface area contributed by atoms with E-state index in [1.54, 1.807) is 30.9 Å². The average molecular weight is 365 g/mol. The molecule has 0 saturated carbocycles. The highest BCUT2D eigenvalue weighted by atomic mass is 16.2. The summed E-state index contributed by atoms with van der Waals surface area (Å²) in [6.45, 7) is 3.02. The molecule has 2 aliphatic heterocycles. The molecular weight excluding hydrogens is 342 g/mol. The minimum absolute atomic E-state index is 0.0397. The Morgan fingerprint density at radius 3 is 2.00 bits per heavy atom. The molecule has 0 radical (unpaired) electrons. The molecule has 0 aliphatic carbocycles. The van der Waals surface area contributed by atoms with Crippen LogP contribution in [-0.2, 0) is 0 Å². The molecule has 27 heavy (non-hydrogen) atoms. The number of rotatable bonds is 2. The van der Waals surface area contributed by atoms with E-state index in [-0.39, 0.29) is 17.2 Å². The molecule has 0 bridgehead atoms. The van der Waals surface area contributed by atoms with Crippen LogP contribution < -0.4 is 0 Å². The average Bonchev–Trinajstić information content (AvgIpc) is 2.75. The monoisotopic (exact) mass is 365 g/mol. The van der Waals surface area contributed by atoms with Crippen molar-refractivity contribution in [2.24, 2.45) is 5.41 Å². The van der Waals surface area contributed by atoms with E-state index in [1.807, 2.05) is 15.9 Å². The second-order valence-electron chi connectivity index (χ2n) is 7.42. The van der Waals surface area contributed by atoms with Gasteiger partial charge in [0, 0.05) is 51.0 Å². The number of aromatic nitrogens is 3. The van der Waals surface area contributed by atoms with Gasteiger partial charge in [-0.1, -0.05) is 0 Å². The van der Waals surface area contributed by atoms with Crippen LogP contribution in [0.4, 0.5) is 0 Å². The summed E-state index contributed by atoms with van der Waals surface area (Å²) in [6, 6.07) is 3.61. The number of likely N-dealkylation sites (tertiary alicyclic amines) is 2. The van der Waals surface area contributed by atoms with E-state index in [9.17, 15) is 9.59 Å². The van der Waals surface area contributed by atoms with Gasteiger partial charge in [-0.2, -0.15) is 0 Å². The van der Waals surface area contributed by atoms with Crippen LogP contribution in [0.2, 0.25) is 0 Å². The smallest absolute Gasteiger partial charge is 0.274 e. The number of pyridine rings is 1. The van der Waals surface area contributed by atoms with Crippen LogP contribution in [-0.4, -0.2) is 62.7 Å². The van der Waals surface area contributed by atoms with Crippen molar-refractivity contribution < 1.29 is 9.59 Å². The highest BCUT2D eigenvalue weighted by molar-refractivity contribution is 5.94. The molecular formula is C20H23N5O2. The van der Waals surface area contributed by atoms with Crippen molar-refractivity contribution in [1.29, 1.82) is 0 Å². The Balaban J connectivity index is 1.32. The maximum atomic E-state index is 12.6. The number of hydrogen-bond acceptors (Lipinski definition) is 5. The third-order valence-electron chi connectivity index (χ3n) is 5.91. The molecule has 0 aromatic carbocycles. The standard InChI is InChI=1S/C20H23N5O2/c26-18(16-2-1-7-21-14-16)24-10-3-20(4-11-24)5-12-25(13-6-20)19(27)17-15-22-8-9-23-17/h1-2,7-9,14-15H,3-6,10-13H2. The summed E-state index contributed by atoms with van der Waals surface area (Å²) in [5.74, 6) is 0.0235. The number of hydrogen-bond donors (Lipinski definition) is 0. The number of amides is 2. The van der Waals surface area contributed by atoms with Gasteiger partial charge in [0.2, 0.25) is 0 Å². The summed E-state index contributed by atoms with van der Waals surface area (Å²) in [7, 11) is 0. The SMILES string of the molecule is O=C(c1cccnc1)N1CCC2(CC1)CCN(C(=O)c1cnccn1)CC2. The summed E-state index contributed by atoms with van der Waals surface area (Å²) in [6.07, 6.45) is 11.9. The van der Waals surface area contributed by atoms with Gasteiger partial charge in [-0.3, -0.25) is 19.6 Å². The molecule has 7 nitrogen and oxygen atoms in total. The topological polar surface area (TPSA) is 79.3 Å². The van der Waals surface area contributed by atoms with Gasteiger partial charge < -0.3 is 9.80 Å². The first-order chi connectivity index (χ1) is 13.2. The Morgan fingerprint density at radius 1 is 0.815 bits per heavy atom. The zero-order valence-corrected chi connectivity index (χ0v) is 15.3. The molecule has 2 aliphatic rings. The van der Waals surface area contributed by atoms with Crippen molar-refractivity contribution in [2.45, 2.75) is 25.7 Å². The van der Waals surface area contributed by atoms with Gasteiger partial charge in [0.05, 0.1) is 11.8 Å². The fraction of sp³-hybridized carbons (Fsp3) is 0.450. The summed E-state index contributed by atoms with van der Waals surface area (Å²) in [5, 5.41) is 0. The molecule has 0 N–H and O–H groups in total. The third kappa shape index (κ3) is 3.67. The highest BCUT2D eigenvalue weighted by Crippen LogP contribution is 2.41. The first-order valence-electron chi connectivity index (χ1n) is 9.42. The molecule has 7 heteroatoms. The van der Waals surface area contributed by atoms with Gasteiger partial charge in [-0.15, -0.1) is 0 Å². The van der Waals surface area contributed by atoms with Crippen LogP contribution in [0, 0.1) is 5.41 Å². The normalized spacial score (nSPS) is 19.1. The van der Waals surface area contributed by atoms with Gasteiger partial charge in [0.25, 0.3) is 11.8 Å². The largest absolute Gasteiger partial charge is 0.339 e. The molecule has 2 amide bonds. The predicted molar refractivity (Wildman–Crippen MR) is 99.0 cm³/mol. The molecule has 2 fully saturated rings. The molecule has 0 atom stereocenters. The first-order valence-corrected chi connectivity index (χ1v) is 9.42. The lowest BCUT2D eigenvalue weighted by Crippen LogP contribution is -2.49. The summed E-state index contributed by atoms with van der Waals surface area (Å²) in [4.78, 5) is 41.1. The Kier molecular flexibility index (Phi) is 4.83. The fourth-order valence-corrected chi connectivity index (χ4v) is 4.11. The molecule has 4 rings (SSSR count). The highest BCUT2D eigenvalue weighted by Gasteiger charge is 2.39. The van der Waals surface area contributed by atoms with E-state index in [0.29, 0.717) is 11.3 Å². The molecule has 4 heterocycles. The van der Waals surface area contributed by atoms with Crippen LogP contribution >= 0.6 is 0 Å². The van der Waals surface area contributed by atoms with E-state index >= 15 is 0 Å². The summed E-state index contributed by atoms with van der Waals surface area (Å²) in [5.41, 5.74) is 1.30. The number of nitrogens with zero attached hydrogens (tertiary/aromatic N) is 5. The molecule has 2 aromatic rings. The van der Waals surface area contributed by atoms with Crippen LogP contribution in [0.25, 0.3) is 0 Å². The minimum Gasteiger partial charge on any atom is -0.339 e. The summed E-state index contributed by atoms with van der Waals surface area (Å²) >= 11 is 0. The van der Waals surface area contributed by atoms with Gasteiger partial charge in [0.15, 0.2) is 0 Å². The van der Waals surface area contributed by atoms with Crippen LogP contribution in [0.5, 0.6) is 0 Å². The van der Waals surface area contributed by atoms with Crippen LogP contribution in [0.3, 0.4) is 0 Å². The summed E-state index contributed by atoms with van der Waals surface area (Å²) < 4.78 is 0. The number of piperidine rings is 2. The Bertz CT molecular complexity index is 723. The third-order valence-corrected chi connectivity index (χ3v) is 5.91. The first kappa shape index (κ1) is 17.6. The van der Waals surface area contributed by atoms with Crippen molar-refractivity contribution in [3.63, 3.8) is 0 Å². The van der Waals surface area contributed by atoms with E-state index in [2.05, 4.69) is 15.0 Å². The van der Waals surface area contributed by atoms with Gasteiger partial charge in [-0.25, -0.2) is 4.98 Å². The van der Waals surface area contributed by atoms with Crippen molar-refractivity contribution in [1.82, 2.24) is 24.8 Å². The van der Waals surface area contributed by atoms with Gasteiger partial charge in [-0.05, 0) is 43.2 Å². The molecule has 2 aromatic heterocycles. The second-order valence-corrected chi connectivity index (χ2v) is 7.42. The molecule has 0 unspecified atom stereocenters. The van der Waals surface area contributed by atoms with Crippen LogP contribution in [0.1, 0.15) is 46.5 Å². The molecule has 2 saturated heterocycles. The zero-order chi connectivity index (χ0) is 18.7.